The molecule has 6 heteroatoms. The highest BCUT2D eigenvalue weighted by molar-refractivity contribution is 6.30. The molecule has 0 bridgehead atoms. The van der Waals surface area contributed by atoms with Gasteiger partial charge in [-0.25, -0.2) is 4.39 Å². The Morgan fingerprint density at radius 2 is 2.11 bits per heavy atom. The fraction of sp³-hybridized carbons (Fsp3) is 0.318. The highest BCUT2D eigenvalue weighted by Crippen LogP contribution is 2.37. The smallest absolute Gasteiger partial charge is 0.240 e. The zero-order chi connectivity index (χ0) is 20.4. The van der Waals surface area contributed by atoms with Crippen LogP contribution in [0.4, 0.5) is 4.39 Å². The maximum atomic E-state index is 14.4. The van der Waals surface area contributed by atoms with Gasteiger partial charge in [-0.1, -0.05) is 50.1 Å². The zero-order valence-corrected chi connectivity index (χ0v) is 16.7. The fourth-order valence-corrected chi connectivity index (χ4v) is 3.59. The summed E-state index contributed by atoms with van der Waals surface area (Å²) in [5.41, 5.74) is 7.97. The van der Waals surface area contributed by atoms with Gasteiger partial charge >= 0.3 is 0 Å². The van der Waals surface area contributed by atoms with Crippen LogP contribution in [-0.2, 0) is 4.79 Å². The first-order chi connectivity index (χ1) is 13.3. The number of benzene rings is 2. The standard InChI is InChI=1S/C22H24ClFN2O2/c1-3-13(2)21(25)22(28)26-12-15(18-11-16(23)7-8-19(18)24)10-20(26)14-5-4-6-17(27)9-14/h4-11,13,20-21,27H,3,12,25H2,1-2H3/t13?,20?,21-/m0/s1. The van der Waals surface area contributed by atoms with Gasteiger partial charge in [-0.3, -0.25) is 4.79 Å². The number of hydrogen-bond acceptors (Lipinski definition) is 3. The maximum Gasteiger partial charge on any atom is 0.240 e. The van der Waals surface area contributed by atoms with Crippen LogP contribution in [-0.4, -0.2) is 28.5 Å². The van der Waals surface area contributed by atoms with E-state index in [9.17, 15) is 14.3 Å². The van der Waals surface area contributed by atoms with Crippen molar-refractivity contribution in [3.8, 4) is 5.75 Å². The van der Waals surface area contributed by atoms with Crippen molar-refractivity contribution >= 4 is 23.1 Å². The molecular formula is C22H24ClFN2O2. The largest absolute Gasteiger partial charge is 0.508 e. The van der Waals surface area contributed by atoms with E-state index < -0.39 is 17.9 Å². The number of nitrogens with two attached hydrogens (primary N) is 1. The first-order valence-corrected chi connectivity index (χ1v) is 9.70. The van der Waals surface area contributed by atoms with E-state index in [0.717, 1.165) is 12.0 Å². The van der Waals surface area contributed by atoms with Gasteiger partial charge in [-0.2, -0.15) is 0 Å². The number of carbonyl (C=O) groups is 1. The number of rotatable bonds is 5. The van der Waals surface area contributed by atoms with Crippen LogP contribution in [0.2, 0.25) is 5.02 Å². The maximum absolute atomic E-state index is 14.4. The van der Waals surface area contributed by atoms with Crippen molar-refractivity contribution in [3.05, 3.63) is 70.5 Å². The molecule has 2 aromatic carbocycles. The first kappa shape index (κ1) is 20.4. The topological polar surface area (TPSA) is 66.6 Å². The van der Waals surface area contributed by atoms with E-state index in [1.54, 1.807) is 29.2 Å². The molecule has 1 amide bonds. The molecule has 0 spiro atoms. The SMILES string of the molecule is CCC(C)[C@H](N)C(=O)N1CC(c2cc(Cl)ccc2F)=CC1c1cccc(O)c1. The van der Waals surface area contributed by atoms with Gasteiger partial charge in [0, 0.05) is 17.1 Å². The lowest BCUT2D eigenvalue weighted by molar-refractivity contribution is -0.134. The summed E-state index contributed by atoms with van der Waals surface area (Å²) in [4.78, 5) is 14.8. The molecule has 0 aromatic heterocycles. The molecule has 0 saturated heterocycles. The van der Waals surface area contributed by atoms with Crippen molar-refractivity contribution in [2.45, 2.75) is 32.4 Å². The molecule has 0 fully saturated rings. The molecule has 1 aliphatic heterocycles. The summed E-state index contributed by atoms with van der Waals surface area (Å²) in [7, 11) is 0. The molecule has 4 nitrogen and oxygen atoms in total. The van der Waals surface area contributed by atoms with E-state index in [4.69, 9.17) is 17.3 Å². The molecule has 0 radical (unpaired) electrons. The van der Waals surface area contributed by atoms with Crippen molar-refractivity contribution in [2.24, 2.45) is 11.7 Å². The van der Waals surface area contributed by atoms with Crippen molar-refractivity contribution in [1.29, 1.82) is 0 Å². The zero-order valence-electron chi connectivity index (χ0n) is 15.9. The number of halogens is 2. The fourth-order valence-electron chi connectivity index (χ4n) is 3.42. The van der Waals surface area contributed by atoms with Gasteiger partial charge in [-0.15, -0.1) is 0 Å². The van der Waals surface area contributed by atoms with Crippen LogP contribution in [0.5, 0.6) is 5.75 Å². The summed E-state index contributed by atoms with van der Waals surface area (Å²) in [5, 5.41) is 10.3. The lowest BCUT2D eigenvalue weighted by Crippen LogP contribution is -2.47. The molecule has 28 heavy (non-hydrogen) atoms. The van der Waals surface area contributed by atoms with Crippen molar-refractivity contribution in [3.63, 3.8) is 0 Å². The highest BCUT2D eigenvalue weighted by atomic mass is 35.5. The van der Waals surface area contributed by atoms with E-state index in [-0.39, 0.29) is 24.1 Å². The third-order valence-corrected chi connectivity index (χ3v) is 5.58. The monoisotopic (exact) mass is 402 g/mol. The molecular weight excluding hydrogens is 379 g/mol. The lowest BCUT2D eigenvalue weighted by atomic mass is 9.97. The van der Waals surface area contributed by atoms with Gasteiger partial charge in [0.25, 0.3) is 0 Å². The van der Waals surface area contributed by atoms with E-state index in [2.05, 4.69) is 0 Å². The summed E-state index contributed by atoms with van der Waals surface area (Å²) in [6.45, 7) is 4.15. The van der Waals surface area contributed by atoms with Gasteiger partial charge in [-0.05, 0) is 47.4 Å². The number of amides is 1. The van der Waals surface area contributed by atoms with E-state index in [1.165, 1.54) is 12.1 Å². The molecule has 1 heterocycles. The summed E-state index contributed by atoms with van der Waals surface area (Å²) in [6, 6.07) is 9.99. The second-order valence-corrected chi connectivity index (χ2v) is 7.67. The second kappa shape index (κ2) is 8.33. The molecule has 3 N–H and O–H groups in total. The average Bonchev–Trinajstić information content (AvgIpc) is 3.13. The third-order valence-electron chi connectivity index (χ3n) is 5.35. The first-order valence-electron chi connectivity index (χ1n) is 9.33. The predicted octanol–water partition coefficient (Wildman–Crippen LogP) is 4.53. The molecule has 3 atom stereocenters. The van der Waals surface area contributed by atoms with Crippen LogP contribution >= 0.6 is 11.6 Å². The summed E-state index contributed by atoms with van der Waals surface area (Å²) >= 11 is 6.05. The van der Waals surface area contributed by atoms with E-state index in [0.29, 0.717) is 16.2 Å². The molecule has 148 valence electrons. The molecule has 2 aromatic rings. The molecule has 3 rings (SSSR count). The summed E-state index contributed by atoms with van der Waals surface area (Å²) in [6.07, 6.45) is 2.62. The summed E-state index contributed by atoms with van der Waals surface area (Å²) in [5.74, 6) is -0.474. The normalized spacial score (nSPS) is 18.7. The van der Waals surface area contributed by atoms with Crippen LogP contribution in [0.1, 0.15) is 37.4 Å². The number of phenolic OH excluding ortho intramolecular Hbond substituents is 1. The highest BCUT2D eigenvalue weighted by Gasteiger charge is 2.35. The van der Waals surface area contributed by atoms with Gasteiger partial charge < -0.3 is 15.7 Å². The minimum absolute atomic E-state index is 0.0179. The lowest BCUT2D eigenvalue weighted by Gasteiger charge is -2.30. The molecule has 0 saturated carbocycles. The Hall–Kier alpha value is -2.37. The van der Waals surface area contributed by atoms with Gasteiger partial charge in [0.15, 0.2) is 0 Å². The number of hydrogen-bond donors (Lipinski definition) is 2. The number of aromatic hydroxyl groups is 1. The number of carbonyl (C=O) groups excluding carboxylic acids is 1. The van der Waals surface area contributed by atoms with Gasteiger partial charge in [0.1, 0.15) is 11.6 Å². The number of phenols is 1. The van der Waals surface area contributed by atoms with Gasteiger partial charge in [0.2, 0.25) is 5.91 Å². The molecule has 2 unspecified atom stereocenters. The average molecular weight is 403 g/mol. The van der Waals surface area contributed by atoms with Crippen molar-refractivity contribution < 1.29 is 14.3 Å². The Labute approximate surface area is 169 Å². The minimum Gasteiger partial charge on any atom is -0.508 e. The van der Waals surface area contributed by atoms with Crippen LogP contribution in [0.3, 0.4) is 0 Å². The minimum atomic E-state index is -0.651. The Kier molecular flexibility index (Phi) is 6.06. The van der Waals surface area contributed by atoms with Crippen LogP contribution < -0.4 is 5.73 Å². The molecule has 0 aliphatic carbocycles. The number of nitrogens with zero attached hydrogens (tertiary/aromatic N) is 1. The van der Waals surface area contributed by atoms with Crippen molar-refractivity contribution in [2.75, 3.05) is 6.54 Å². The van der Waals surface area contributed by atoms with Crippen LogP contribution in [0.15, 0.2) is 48.5 Å². The second-order valence-electron chi connectivity index (χ2n) is 7.23. The Balaban J connectivity index is 2.02. The predicted molar refractivity (Wildman–Crippen MR) is 109 cm³/mol. The quantitative estimate of drug-likeness (QED) is 0.772. The summed E-state index contributed by atoms with van der Waals surface area (Å²) < 4.78 is 14.4. The Morgan fingerprint density at radius 1 is 1.36 bits per heavy atom. The Bertz CT molecular complexity index is 915. The van der Waals surface area contributed by atoms with Crippen LogP contribution in [0, 0.1) is 11.7 Å². The van der Waals surface area contributed by atoms with Gasteiger partial charge in [0.05, 0.1) is 12.1 Å². The van der Waals surface area contributed by atoms with E-state index >= 15 is 0 Å². The van der Waals surface area contributed by atoms with Crippen molar-refractivity contribution in [1.82, 2.24) is 4.90 Å². The third kappa shape index (κ3) is 4.05. The molecule has 1 aliphatic rings. The van der Waals surface area contributed by atoms with E-state index in [1.807, 2.05) is 26.0 Å². The Morgan fingerprint density at radius 3 is 2.79 bits per heavy atom. The van der Waals surface area contributed by atoms with Crippen LogP contribution in [0.25, 0.3) is 5.57 Å².